The molecule has 0 aliphatic carbocycles. The van der Waals surface area contributed by atoms with Gasteiger partial charge in [0.15, 0.2) is 0 Å². The summed E-state index contributed by atoms with van der Waals surface area (Å²) < 4.78 is 10.9. The summed E-state index contributed by atoms with van der Waals surface area (Å²) in [6.45, 7) is 5.58. The van der Waals surface area contributed by atoms with E-state index in [0.717, 1.165) is 15.4 Å². The number of anilines is 2. The zero-order valence-corrected chi connectivity index (χ0v) is 18.8. The smallest absolute Gasteiger partial charge is 0.323 e. The van der Waals surface area contributed by atoms with Crippen molar-refractivity contribution in [2.24, 2.45) is 0 Å². The Kier molecular flexibility index (Phi) is 5.86. The lowest BCUT2D eigenvalue weighted by Crippen LogP contribution is -2.21. The Morgan fingerprint density at radius 2 is 2.00 bits per heavy atom. The fraction of sp³-hybridized carbons (Fsp3) is 0.250. The van der Waals surface area contributed by atoms with Gasteiger partial charge in [-0.2, -0.15) is 0 Å². The molecular formula is C20H19ClN6O3S. The molecule has 31 heavy (non-hydrogen) atoms. The summed E-state index contributed by atoms with van der Waals surface area (Å²) in [4.78, 5) is 30.8. The number of amides is 2. The minimum Gasteiger partial charge on any atom is -0.440 e. The number of fused-ring (bicyclic) bond motifs is 1. The van der Waals surface area contributed by atoms with Crippen molar-refractivity contribution in [2.45, 2.75) is 26.9 Å². The van der Waals surface area contributed by atoms with Gasteiger partial charge in [0, 0.05) is 12.7 Å². The van der Waals surface area contributed by atoms with Crippen LogP contribution in [-0.4, -0.2) is 33.1 Å². The van der Waals surface area contributed by atoms with Gasteiger partial charge in [-0.05, 0) is 26.8 Å². The van der Waals surface area contributed by atoms with E-state index in [2.05, 4.69) is 30.6 Å². The predicted molar refractivity (Wildman–Crippen MR) is 120 cm³/mol. The van der Waals surface area contributed by atoms with E-state index >= 15 is 0 Å². The number of carbonyl (C=O) groups excluding carboxylic acids is 1. The quantitative estimate of drug-likeness (QED) is 0.413. The molecule has 2 N–H and O–H groups in total. The molecule has 0 aliphatic rings. The van der Waals surface area contributed by atoms with Crippen molar-refractivity contribution in [1.82, 2.24) is 19.9 Å². The first-order valence-corrected chi connectivity index (χ1v) is 10.5. The largest absolute Gasteiger partial charge is 0.440 e. The molecule has 0 radical (unpaired) electrons. The molecule has 4 aromatic rings. The molecule has 0 fully saturated rings. The third-order valence-corrected chi connectivity index (χ3v) is 5.67. The molecule has 1 unspecified atom stereocenters. The highest BCUT2D eigenvalue weighted by Crippen LogP contribution is 2.34. The molecule has 4 aromatic heterocycles. The number of carbonyl (C=O) groups is 1. The summed E-state index contributed by atoms with van der Waals surface area (Å²) >= 11 is 7.79. The first-order valence-electron chi connectivity index (χ1n) is 9.31. The van der Waals surface area contributed by atoms with Crippen molar-refractivity contribution in [2.75, 3.05) is 17.7 Å². The van der Waals surface area contributed by atoms with Gasteiger partial charge in [-0.25, -0.2) is 24.7 Å². The van der Waals surface area contributed by atoms with Gasteiger partial charge in [0.2, 0.25) is 5.89 Å². The van der Waals surface area contributed by atoms with Gasteiger partial charge in [-0.1, -0.05) is 22.9 Å². The molecular weight excluding hydrogens is 440 g/mol. The van der Waals surface area contributed by atoms with Crippen LogP contribution in [0.5, 0.6) is 0 Å². The summed E-state index contributed by atoms with van der Waals surface area (Å²) in [5, 5.41) is 6.72. The number of halogens is 1. The highest BCUT2D eigenvalue weighted by atomic mass is 35.5. The molecule has 1 atom stereocenters. The van der Waals surface area contributed by atoms with Crippen LogP contribution in [0, 0.1) is 13.8 Å². The molecule has 0 aliphatic heterocycles. The molecule has 4 heterocycles. The fourth-order valence-electron chi connectivity index (χ4n) is 3.04. The summed E-state index contributed by atoms with van der Waals surface area (Å²) in [5.74, 6) is 0.964. The molecule has 0 saturated heterocycles. The monoisotopic (exact) mass is 458 g/mol. The molecule has 0 spiro atoms. The predicted octanol–water partition coefficient (Wildman–Crippen LogP) is 5.36. The Morgan fingerprint density at radius 3 is 2.68 bits per heavy atom. The number of oxazole rings is 1. The van der Waals surface area contributed by atoms with E-state index in [1.807, 2.05) is 13.8 Å². The van der Waals surface area contributed by atoms with Crippen molar-refractivity contribution in [1.29, 1.82) is 0 Å². The van der Waals surface area contributed by atoms with Crippen LogP contribution in [0.25, 0.3) is 21.9 Å². The number of hydrogen-bond donors (Lipinski definition) is 2. The second-order valence-corrected chi connectivity index (χ2v) is 8.35. The standard InChI is InChI=1S/C20H19ClN6O3S/c1-9-6-23-18(30-9)16-13(21)5-12(7-22-16)26-20(28)27-14-8-24-19-17(25-11(3)31-19)15(14)10(2)29-4/h5-8,10H,1-4H3,(H2,26,27,28). The third-order valence-electron chi connectivity index (χ3n) is 4.50. The van der Waals surface area contributed by atoms with E-state index in [9.17, 15) is 4.79 Å². The van der Waals surface area contributed by atoms with Crippen LogP contribution < -0.4 is 10.6 Å². The summed E-state index contributed by atoms with van der Waals surface area (Å²) in [6.07, 6.45) is 4.37. The average molecular weight is 459 g/mol. The second kappa shape index (κ2) is 8.58. The Hall–Kier alpha value is -3.08. The number of hydrogen-bond acceptors (Lipinski definition) is 8. The lowest BCUT2D eigenvalue weighted by Gasteiger charge is -2.16. The highest BCUT2D eigenvalue weighted by Gasteiger charge is 2.20. The second-order valence-electron chi connectivity index (χ2n) is 6.76. The van der Waals surface area contributed by atoms with Crippen molar-refractivity contribution in [3.05, 3.63) is 46.0 Å². The van der Waals surface area contributed by atoms with E-state index < -0.39 is 6.03 Å². The van der Waals surface area contributed by atoms with Crippen molar-refractivity contribution in [3.63, 3.8) is 0 Å². The summed E-state index contributed by atoms with van der Waals surface area (Å²) in [6, 6.07) is 1.10. The zero-order chi connectivity index (χ0) is 22.1. The Balaban J connectivity index is 1.56. The normalized spacial score (nSPS) is 12.2. The SMILES string of the molecule is COC(C)c1c(NC(=O)Nc2cnc(-c3ncc(C)o3)c(Cl)c2)cnc2sc(C)nc12. The van der Waals surface area contributed by atoms with Gasteiger partial charge in [0.25, 0.3) is 0 Å². The number of nitrogens with zero attached hydrogens (tertiary/aromatic N) is 4. The number of rotatable bonds is 5. The van der Waals surface area contributed by atoms with Crippen molar-refractivity contribution < 1.29 is 13.9 Å². The van der Waals surface area contributed by atoms with E-state index in [1.165, 1.54) is 17.5 Å². The Morgan fingerprint density at radius 1 is 1.19 bits per heavy atom. The van der Waals surface area contributed by atoms with Gasteiger partial charge in [0.05, 0.1) is 46.1 Å². The van der Waals surface area contributed by atoms with Gasteiger partial charge in [0.1, 0.15) is 21.8 Å². The zero-order valence-electron chi connectivity index (χ0n) is 17.2. The lowest BCUT2D eigenvalue weighted by molar-refractivity contribution is 0.121. The van der Waals surface area contributed by atoms with Gasteiger partial charge < -0.3 is 19.8 Å². The van der Waals surface area contributed by atoms with Crippen LogP contribution in [-0.2, 0) is 4.74 Å². The fourth-order valence-corrected chi connectivity index (χ4v) is 4.06. The van der Waals surface area contributed by atoms with Gasteiger partial charge >= 0.3 is 6.03 Å². The average Bonchev–Trinajstić information content (AvgIpc) is 3.32. The Labute approximate surface area is 186 Å². The minimum absolute atomic E-state index is 0.290. The van der Waals surface area contributed by atoms with E-state index in [4.69, 9.17) is 20.8 Å². The molecule has 0 bridgehead atoms. The Bertz CT molecular complexity index is 1270. The number of ether oxygens (including phenoxy) is 1. The number of aryl methyl sites for hydroxylation is 2. The number of aromatic nitrogens is 4. The summed E-state index contributed by atoms with van der Waals surface area (Å²) in [5.41, 5.74) is 2.79. The first kappa shape index (κ1) is 21.2. The van der Waals surface area contributed by atoms with E-state index in [-0.39, 0.29) is 6.10 Å². The molecule has 0 saturated carbocycles. The van der Waals surface area contributed by atoms with E-state index in [1.54, 1.807) is 32.5 Å². The number of urea groups is 1. The van der Waals surface area contributed by atoms with Gasteiger partial charge in [-0.15, -0.1) is 0 Å². The molecule has 11 heteroatoms. The maximum atomic E-state index is 12.6. The number of nitrogens with one attached hydrogen (secondary N) is 2. The third kappa shape index (κ3) is 4.36. The first-order chi connectivity index (χ1) is 14.9. The van der Waals surface area contributed by atoms with Crippen molar-refractivity contribution in [3.8, 4) is 11.6 Å². The van der Waals surface area contributed by atoms with Crippen LogP contribution in [0.4, 0.5) is 16.2 Å². The van der Waals surface area contributed by atoms with Gasteiger partial charge in [-0.3, -0.25) is 0 Å². The molecule has 0 aromatic carbocycles. The van der Waals surface area contributed by atoms with Crippen LogP contribution in [0.1, 0.15) is 29.4 Å². The molecule has 4 rings (SSSR count). The maximum absolute atomic E-state index is 12.6. The lowest BCUT2D eigenvalue weighted by atomic mass is 10.1. The van der Waals surface area contributed by atoms with Crippen LogP contribution in [0.2, 0.25) is 5.02 Å². The maximum Gasteiger partial charge on any atom is 0.323 e. The van der Waals surface area contributed by atoms with Crippen LogP contribution in [0.15, 0.2) is 29.1 Å². The molecule has 9 nitrogen and oxygen atoms in total. The number of methoxy groups -OCH3 is 1. The van der Waals surface area contributed by atoms with Crippen molar-refractivity contribution >= 4 is 50.7 Å². The van der Waals surface area contributed by atoms with E-state index in [0.29, 0.717) is 39.3 Å². The number of thiazole rings is 1. The van der Waals surface area contributed by atoms with Crippen LogP contribution in [0.3, 0.4) is 0 Å². The molecule has 160 valence electrons. The highest BCUT2D eigenvalue weighted by molar-refractivity contribution is 7.18. The topological polar surface area (TPSA) is 115 Å². The molecule has 2 amide bonds. The number of pyridine rings is 2. The minimum atomic E-state index is -0.477. The van der Waals surface area contributed by atoms with Crippen LogP contribution >= 0.6 is 22.9 Å². The summed E-state index contributed by atoms with van der Waals surface area (Å²) in [7, 11) is 1.60.